The molecule has 1 heterocycles. The lowest BCUT2D eigenvalue weighted by Crippen LogP contribution is -2.47. The standard InChI is InChI=1S/C31H44N4O/c1-4-19-33-20-22-35(23-21-33)30(25-15-17-26(18-16-25)31(36)34(5-2)6-3)27-11-10-14-29(24-27)32-28-12-8-7-9-13-28/h4,10-11,14-18,24,28,30,32H,1,5-9,12-13,19-23H2,2-3H3/t30-/m0/s1. The molecule has 0 unspecified atom stereocenters. The van der Waals surface area contributed by atoms with Crippen molar-refractivity contribution in [3.05, 3.63) is 77.9 Å². The van der Waals surface area contributed by atoms with Gasteiger partial charge in [-0.05, 0) is 62.1 Å². The van der Waals surface area contributed by atoms with E-state index >= 15 is 0 Å². The second-order valence-electron chi connectivity index (χ2n) is 10.2. The average molecular weight is 489 g/mol. The van der Waals surface area contributed by atoms with Crippen molar-refractivity contribution in [3.8, 4) is 0 Å². The maximum atomic E-state index is 12.9. The number of rotatable bonds is 10. The minimum absolute atomic E-state index is 0.111. The van der Waals surface area contributed by atoms with E-state index in [1.165, 1.54) is 48.9 Å². The Labute approximate surface area is 218 Å². The van der Waals surface area contributed by atoms with Crippen LogP contribution in [0.2, 0.25) is 0 Å². The summed E-state index contributed by atoms with van der Waals surface area (Å²) >= 11 is 0. The highest BCUT2D eigenvalue weighted by atomic mass is 16.2. The topological polar surface area (TPSA) is 38.8 Å². The Hall–Kier alpha value is -2.63. The maximum absolute atomic E-state index is 12.9. The molecule has 0 bridgehead atoms. The first-order valence-electron chi connectivity index (χ1n) is 14.0. The van der Waals surface area contributed by atoms with Crippen LogP contribution in [-0.2, 0) is 0 Å². The zero-order valence-corrected chi connectivity index (χ0v) is 22.3. The first-order valence-corrected chi connectivity index (χ1v) is 14.0. The summed E-state index contributed by atoms with van der Waals surface area (Å²) in [5.41, 5.74) is 4.56. The van der Waals surface area contributed by atoms with Crippen LogP contribution in [0.1, 0.15) is 73.5 Å². The number of benzene rings is 2. The maximum Gasteiger partial charge on any atom is 0.253 e. The lowest BCUT2D eigenvalue weighted by atomic mass is 9.93. The highest BCUT2D eigenvalue weighted by Crippen LogP contribution is 2.32. The van der Waals surface area contributed by atoms with Gasteiger partial charge in [0.25, 0.3) is 5.91 Å². The molecule has 1 aliphatic carbocycles. The van der Waals surface area contributed by atoms with Gasteiger partial charge in [0.15, 0.2) is 0 Å². The average Bonchev–Trinajstić information content (AvgIpc) is 2.92. The summed E-state index contributed by atoms with van der Waals surface area (Å²) in [6, 6.07) is 18.1. The van der Waals surface area contributed by atoms with Crippen molar-refractivity contribution in [2.24, 2.45) is 0 Å². The Morgan fingerprint density at radius 3 is 2.33 bits per heavy atom. The molecule has 2 aromatic rings. The summed E-state index contributed by atoms with van der Waals surface area (Å²) in [7, 11) is 0. The fraction of sp³-hybridized carbons (Fsp3) is 0.516. The van der Waals surface area contributed by atoms with Crippen molar-refractivity contribution >= 4 is 11.6 Å². The van der Waals surface area contributed by atoms with Gasteiger partial charge in [0, 0.05) is 63.1 Å². The fourth-order valence-electron chi connectivity index (χ4n) is 5.78. The van der Waals surface area contributed by atoms with Crippen molar-refractivity contribution < 1.29 is 4.79 Å². The lowest BCUT2D eigenvalue weighted by Gasteiger charge is -2.39. The van der Waals surface area contributed by atoms with Gasteiger partial charge >= 0.3 is 0 Å². The first kappa shape index (κ1) is 26.4. The van der Waals surface area contributed by atoms with E-state index in [4.69, 9.17) is 0 Å². The highest BCUT2D eigenvalue weighted by molar-refractivity contribution is 5.94. The third-order valence-corrected chi connectivity index (χ3v) is 7.86. The number of amides is 1. The molecule has 2 aliphatic rings. The van der Waals surface area contributed by atoms with Crippen LogP contribution in [0, 0.1) is 0 Å². The largest absolute Gasteiger partial charge is 0.382 e. The lowest BCUT2D eigenvalue weighted by molar-refractivity contribution is 0.0773. The first-order chi connectivity index (χ1) is 17.6. The number of carbonyl (C=O) groups is 1. The summed E-state index contributed by atoms with van der Waals surface area (Å²) in [6.45, 7) is 14.5. The van der Waals surface area contributed by atoms with E-state index in [9.17, 15) is 4.79 Å². The Morgan fingerprint density at radius 1 is 1.00 bits per heavy atom. The molecule has 0 radical (unpaired) electrons. The number of piperazine rings is 1. The number of hydrogen-bond acceptors (Lipinski definition) is 4. The van der Waals surface area contributed by atoms with Crippen molar-refractivity contribution in [2.75, 3.05) is 51.1 Å². The minimum Gasteiger partial charge on any atom is -0.382 e. The molecule has 2 fully saturated rings. The molecule has 5 nitrogen and oxygen atoms in total. The van der Waals surface area contributed by atoms with Crippen molar-refractivity contribution in [2.45, 2.75) is 58.0 Å². The van der Waals surface area contributed by atoms with Gasteiger partial charge < -0.3 is 10.2 Å². The van der Waals surface area contributed by atoms with Crippen LogP contribution in [0.4, 0.5) is 5.69 Å². The van der Waals surface area contributed by atoms with Gasteiger partial charge in [-0.25, -0.2) is 0 Å². The molecule has 2 aromatic carbocycles. The SMILES string of the molecule is C=CCN1CCN([C@@H](c2ccc(C(=O)N(CC)CC)cc2)c2cccc(NC3CCCCC3)c2)CC1. The number of carbonyl (C=O) groups excluding carboxylic acids is 1. The summed E-state index contributed by atoms with van der Waals surface area (Å²) in [4.78, 5) is 19.8. The molecule has 0 aromatic heterocycles. The smallest absolute Gasteiger partial charge is 0.253 e. The third kappa shape index (κ3) is 6.57. The zero-order valence-electron chi connectivity index (χ0n) is 22.3. The number of nitrogens with zero attached hydrogens (tertiary/aromatic N) is 3. The quantitative estimate of drug-likeness (QED) is 0.429. The van der Waals surface area contributed by atoms with E-state index in [0.717, 1.165) is 51.4 Å². The second kappa shape index (κ2) is 13.1. The van der Waals surface area contributed by atoms with Gasteiger partial charge in [0.05, 0.1) is 6.04 Å². The van der Waals surface area contributed by atoms with Gasteiger partial charge in [-0.1, -0.05) is 49.6 Å². The highest BCUT2D eigenvalue weighted by Gasteiger charge is 2.27. The van der Waals surface area contributed by atoms with Gasteiger partial charge in [0.1, 0.15) is 0 Å². The van der Waals surface area contributed by atoms with Crippen LogP contribution >= 0.6 is 0 Å². The second-order valence-corrected chi connectivity index (χ2v) is 10.2. The molecule has 5 heteroatoms. The molecular weight excluding hydrogens is 444 g/mol. The van der Waals surface area contributed by atoms with Crippen LogP contribution in [0.15, 0.2) is 61.2 Å². The van der Waals surface area contributed by atoms with E-state index < -0.39 is 0 Å². The van der Waals surface area contributed by atoms with Crippen molar-refractivity contribution in [3.63, 3.8) is 0 Å². The Morgan fingerprint density at radius 2 is 1.69 bits per heavy atom. The fourth-order valence-corrected chi connectivity index (χ4v) is 5.78. The predicted octanol–water partition coefficient (Wildman–Crippen LogP) is 5.81. The van der Waals surface area contributed by atoms with Gasteiger partial charge in [-0.15, -0.1) is 6.58 Å². The molecule has 1 saturated carbocycles. The molecule has 1 saturated heterocycles. The minimum atomic E-state index is 0.111. The van der Waals surface area contributed by atoms with Crippen LogP contribution in [-0.4, -0.2) is 72.5 Å². The van der Waals surface area contributed by atoms with E-state index in [2.05, 4.69) is 58.1 Å². The summed E-state index contributed by atoms with van der Waals surface area (Å²) in [5.74, 6) is 0.111. The van der Waals surface area contributed by atoms with Crippen molar-refractivity contribution in [1.82, 2.24) is 14.7 Å². The van der Waals surface area contributed by atoms with Gasteiger partial charge in [0.2, 0.25) is 0 Å². The summed E-state index contributed by atoms with van der Waals surface area (Å²) < 4.78 is 0. The Balaban J connectivity index is 1.59. The molecule has 1 atom stereocenters. The van der Waals surface area contributed by atoms with Crippen LogP contribution in [0.5, 0.6) is 0 Å². The van der Waals surface area contributed by atoms with Crippen LogP contribution < -0.4 is 5.32 Å². The molecule has 194 valence electrons. The monoisotopic (exact) mass is 488 g/mol. The van der Waals surface area contributed by atoms with E-state index in [-0.39, 0.29) is 11.9 Å². The zero-order chi connectivity index (χ0) is 25.3. The van der Waals surface area contributed by atoms with E-state index in [1.54, 1.807) is 0 Å². The van der Waals surface area contributed by atoms with E-state index in [0.29, 0.717) is 6.04 Å². The molecule has 1 aliphatic heterocycles. The summed E-state index contributed by atoms with van der Waals surface area (Å²) in [5, 5.41) is 3.82. The third-order valence-electron chi connectivity index (χ3n) is 7.86. The number of hydrogen-bond donors (Lipinski definition) is 1. The predicted molar refractivity (Wildman–Crippen MR) is 151 cm³/mol. The summed E-state index contributed by atoms with van der Waals surface area (Å²) in [6.07, 6.45) is 8.55. The van der Waals surface area contributed by atoms with E-state index in [1.807, 2.05) is 37.0 Å². The molecule has 4 rings (SSSR count). The van der Waals surface area contributed by atoms with Gasteiger partial charge in [-0.3, -0.25) is 14.6 Å². The Kier molecular flexibility index (Phi) is 9.60. The van der Waals surface area contributed by atoms with Gasteiger partial charge in [-0.2, -0.15) is 0 Å². The van der Waals surface area contributed by atoms with Crippen molar-refractivity contribution in [1.29, 1.82) is 0 Å². The number of nitrogens with one attached hydrogen (secondary N) is 1. The molecule has 1 N–H and O–H groups in total. The van der Waals surface area contributed by atoms with Crippen LogP contribution in [0.25, 0.3) is 0 Å². The molecule has 0 spiro atoms. The normalized spacial score (nSPS) is 18.5. The van der Waals surface area contributed by atoms with Crippen LogP contribution in [0.3, 0.4) is 0 Å². The molecular formula is C31H44N4O. The molecule has 36 heavy (non-hydrogen) atoms. The molecule has 1 amide bonds. The Bertz CT molecular complexity index is 970. The number of anilines is 1.